The second kappa shape index (κ2) is 5.21. The molecule has 3 rings (SSSR count). The summed E-state index contributed by atoms with van der Waals surface area (Å²) in [6, 6.07) is 9.68. The molecule has 106 valence electrons. The van der Waals surface area contributed by atoms with Crippen LogP contribution in [0.25, 0.3) is 10.9 Å². The number of nitrogens with two attached hydrogens (primary N) is 1. The molecule has 0 aliphatic heterocycles. The van der Waals surface area contributed by atoms with Gasteiger partial charge in [-0.15, -0.1) is 0 Å². The van der Waals surface area contributed by atoms with Crippen molar-refractivity contribution in [3.05, 3.63) is 58.4 Å². The van der Waals surface area contributed by atoms with Gasteiger partial charge in [-0.1, -0.05) is 0 Å². The molecule has 0 radical (unpaired) electrons. The van der Waals surface area contributed by atoms with E-state index in [0.717, 1.165) is 10.9 Å². The number of carbonyl (C=O) groups excluding carboxylic acids is 1. The first-order valence-corrected chi connectivity index (χ1v) is 6.97. The lowest BCUT2D eigenvalue weighted by Crippen LogP contribution is -2.11. The van der Waals surface area contributed by atoms with Crippen molar-refractivity contribution in [3.63, 3.8) is 0 Å². The van der Waals surface area contributed by atoms with E-state index in [4.69, 9.17) is 5.73 Å². The molecule has 6 heteroatoms. The molecule has 0 spiro atoms. The average molecular weight is 348 g/mol. The van der Waals surface area contributed by atoms with E-state index < -0.39 is 5.82 Å². The van der Waals surface area contributed by atoms with E-state index in [1.54, 1.807) is 36.5 Å². The summed E-state index contributed by atoms with van der Waals surface area (Å²) in [5, 5.41) is 3.43. The number of halogens is 2. The quantitative estimate of drug-likeness (QED) is 0.615. The third-order valence-electron chi connectivity index (χ3n) is 3.13. The van der Waals surface area contributed by atoms with E-state index in [-0.39, 0.29) is 5.91 Å². The summed E-state index contributed by atoms with van der Waals surface area (Å²) >= 11 is 3.07. The minimum absolute atomic E-state index is 0.312. The largest absolute Gasteiger partial charge is 0.399 e. The predicted octanol–water partition coefficient (Wildman–Crippen LogP) is 3.90. The number of aromatic nitrogens is 1. The van der Waals surface area contributed by atoms with Crippen LogP contribution in [0.5, 0.6) is 0 Å². The number of nitrogens with one attached hydrogen (secondary N) is 2. The van der Waals surface area contributed by atoms with Crippen molar-refractivity contribution in [2.75, 3.05) is 11.1 Å². The molecule has 3 aromatic rings. The van der Waals surface area contributed by atoms with Gasteiger partial charge in [-0.3, -0.25) is 4.79 Å². The molecule has 0 atom stereocenters. The van der Waals surface area contributed by atoms with Gasteiger partial charge >= 0.3 is 0 Å². The monoisotopic (exact) mass is 347 g/mol. The summed E-state index contributed by atoms with van der Waals surface area (Å²) in [4.78, 5) is 15.3. The van der Waals surface area contributed by atoms with Gasteiger partial charge in [0.05, 0.1) is 10.0 Å². The van der Waals surface area contributed by atoms with E-state index in [2.05, 4.69) is 26.2 Å². The number of hydrogen-bond acceptors (Lipinski definition) is 2. The van der Waals surface area contributed by atoms with Crippen LogP contribution in [-0.4, -0.2) is 10.9 Å². The maximum Gasteiger partial charge on any atom is 0.257 e. The molecule has 0 saturated heterocycles. The van der Waals surface area contributed by atoms with Crippen LogP contribution in [0.15, 0.2) is 47.1 Å². The van der Waals surface area contributed by atoms with Gasteiger partial charge in [0.15, 0.2) is 0 Å². The van der Waals surface area contributed by atoms with Gasteiger partial charge in [0, 0.05) is 28.5 Å². The average Bonchev–Trinajstić information content (AvgIpc) is 2.85. The third kappa shape index (κ3) is 2.62. The predicted molar refractivity (Wildman–Crippen MR) is 84.8 cm³/mol. The normalized spacial score (nSPS) is 10.8. The molecule has 1 amide bonds. The van der Waals surface area contributed by atoms with Gasteiger partial charge in [0.1, 0.15) is 5.82 Å². The Morgan fingerprint density at radius 2 is 2.05 bits per heavy atom. The summed E-state index contributed by atoms with van der Waals surface area (Å²) < 4.78 is 13.8. The molecule has 0 bridgehead atoms. The van der Waals surface area contributed by atoms with Crippen LogP contribution in [0.2, 0.25) is 0 Å². The van der Waals surface area contributed by atoms with Crippen molar-refractivity contribution in [2.45, 2.75) is 0 Å². The maximum atomic E-state index is 13.5. The van der Waals surface area contributed by atoms with E-state index in [0.29, 0.717) is 21.4 Å². The molecule has 2 aromatic carbocycles. The summed E-state index contributed by atoms with van der Waals surface area (Å²) in [5.74, 6) is -0.743. The molecule has 0 aliphatic rings. The van der Waals surface area contributed by atoms with Crippen LogP contribution < -0.4 is 11.1 Å². The van der Waals surface area contributed by atoms with Crippen molar-refractivity contribution in [1.29, 1.82) is 0 Å². The molecule has 4 N–H and O–H groups in total. The molecule has 0 fully saturated rings. The summed E-state index contributed by atoms with van der Waals surface area (Å²) in [6.07, 6.45) is 1.61. The number of amides is 1. The van der Waals surface area contributed by atoms with Crippen LogP contribution in [-0.2, 0) is 0 Å². The van der Waals surface area contributed by atoms with Crippen LogP contribution in [0, 0.1) is 5.82 Å². The zero-order chi connectivity index (χ0) is 15.0. The fraction of sp³-hybridized carbons (Fsp3) is 0. The Bertz CT molecular complexity index is 844. The van der Waals surface area contributed by atoms with Crippen molar-refractivity contribution >= 4 is 44.1 Å². The number of hydrogen-bond donors (Lipinski definition) is 3. The number of fused-ring (bicyclic) bond motifs is 1. The Labute approximate surface area is 128 Å². The molecule has 0 saturated carbocycles. The molecule has 1 heterocycles. The Kier molecular flexibility index (Phi) is 3.39. The molecule has 4 nitrogen and oxygen atoms in total. The lowest BCUT2D eigenvalue weighted by atomic mass is 10.1. The Morgan fingerprint density at radius 1 is 1.24 bits per heavy atom. The van der Waals surface area contributed by atoms with Gasteiger partial charge in [-0.05, 0) is 52.3 Å². The van der Waals surface area contributed by atoms with Crippen LogP contribution in [0.3, 0.4) is 0 Å². The van der Waals surface area contributed by atoms with Gasteiger partial charge in [0.25, 0.3) is 5.91 Å². The van der Waals surface area contributed by atoms with Crippen molar-refractivity contribution < 1.29 is 9.18 Å². The second-order valence-corrected chi connectivity index (χ2v) is 5.44. The highest BCUT2D eigenvalue weighted by atomic mass is 79.9. The number of aromatic amines is 1. The molecule has 0 unspecified atom stereocenters. The number of carbonyl (C=O) groups is 1. The minimum Gasteiger partial charge on any atom is -0.399 e. The lowest BCUT2D eigenvalue weighted by molar-refractivity contribution is 0.102. The fourth-order valence-electron chi connectivity index (χ4n) is 2.10. The minimum atomic E-state index is -0.431. The van der Waals surface area contributed by atoms with E-state index in [1.165, 1.54) is 6.07 Å². The molecular formula is C15H11BrFN3O. The SMILES string of the molecule is Nc1ccc2c(C(=O)Nc3ccc(Br)c(F)c3)c[nH]c2c1. The number of rotatable bonds is 2. The number of anilines is 2. The molecular weight excluding hydrogens is 337 g/mol. The number of benzene rings is 2. The zero-order valence-corrected chi connectivity index (χ0v) is 12.4. The maximum absolute atomic E-state index is 13.5. The Hall–Kier alpha value is -2.34. The highest BCUT2D eigenvalue weighted by Crippen LogP contribution is 2.23. The van der Waals surface area contributed by atoms with Crippen LogP contribution in [0.1, 0.15) is 10.4 Å². The first-order chi connectivity index (χ1) is 10.0. The smallest absolute Gasteiger partial charge is 0.257 e. The topological polar surface area (TPSA) is 70.9 Å². The first-order valence-electron chi connectivity index (χ1n) is 6.17. The Balaban J connectivity index is 1.91. The Morgan fingerprint density at radius 3 is 2.81 bits per heavy atom. The first kappa shape index (κ1) is 13.6. The lowest BCUT2D eigenvalue weighted by Gasteiger charge is -2.05. The highest BCUT2D eigenvalue weighted by Gasteiger charge is 2.13. The summed E-state index contributed by atoms with van der Waals surface area (Å²) in [5.41, 5.74) is 7.97. The van der Waals surface area contributed by atoms with E-state index >= 15 is 0 Å². The van der Waals surface area contributed by atoms with Crippen molar-refractivity contribution in [3.8, 4) is 0 Å². The molecule has 0 aliphatic carbocycles. The van der Waals surface area contributed by atoms with Gasteiger partial charge in [-0.2, -0.15) is 0 Å². The number of nitrogen functional groups attached to an aromatic ring is 1. The number of H-pyrrole nitrogens is 1. The highest BCUT2D eigenvalue weighted by molar-refractivity contribution is 9.10. The van der Waals surface area contributed by atoms with Crippen LogP contribution in [0.4, 0.5) is 15.8 Å². The van der Waals surface area contributed by atoms with E-state index in [1.807, 2.05) is 0 Å². The fourth-order valence-corrected chi connectivity index (χ4v) is 2.35. The third-order valence-corrected chi connectivity index (χ3v) is 3.77. The van der Waals surface area contributed by atoms with Gasteiger partial charge in [0.2, 0.25) is 0 Å². The molecule has 1 aromatic heterocycles. The summed E-state index contributed by atoms with van der Waals surface area (Å²) in [6.45, 7) is 0. The standard InChI is InChI=1S/C15H11BrFN3O/c16-12-4-2-9(6-13(12)17)20-15(21)11-7-19-14-5-8(18)1-3-10(11)14/h1-7,19H,18H2,(H,20,21). The summed E-state index contributed by atoms with van der Waals surface area (Å²) in [7, 11) is 0. The van der Waals surface area contributed by atoms with Crippen LogP contribution >= 0.6 is 15.9 Å². The molecule has 21 heavy (non-hydrogen) atoms. The van der Waals surface area contributed by atoms with Crippen molar-refractivity contribution in [2.24, 2.45) is 0 Å². The zero-order valence-electron chi connectivity index (χ0n) is 10.8. The van der Waals surface area contributed by atoms with Gasteiger partial charge < -0.3 is 16.0 Å². The second-order valence-electron chi connectivity index (χ2n) is 4.59. The van der Waals surface area contributed by atoms with E-state index in [9.17, 15) is 9.18 Å². The van der Waals surface area contributed by atoms with Gasteiger partial charge in [-0.25, -0.2) is 4.39 Å². The van der Waals surface area contributed by atoms with Crippen molar-refractivity contribution in [1.82, 2.24) is 4.98 Å².